The maximum absolute atomic E-state index is 13.1. The van der Waals surface area contributed by atoms with Crippen LogP contribution < -0.4 is 27.0 Å². The van der Waals surface area contributed by atoms with Crippen molar-refractivity contribution in [2.75, 3.05) is 18.1 Å². The van der Waals surface area contributed by atoms with Crippen LogP contribution in [0.15, 0.2) is 30.3 Å². The number of carboxylic acid groups (broad SMARTS) is 3. The number of nitrogens with two attached hydrogens (primary N) is 1. The Morgan fingerprint density at radius 1 is 0.906 bits per heavy atom. The zero-order chi connectivity index (χ0) is 39.8. The minimum Gasteiger partial charge on any atom is -0.480 e. The molecule has 53 heavy (non-hydrogen) atoms. The highest BCUT2D eigenvalue weighted by atomic mass is 32.2. The standard InChI is InChI=1S/C32H47N5O15S/c1-15(27(42)37-20(30(46)47)9-10-23(40)36-21(31(48)49)14-53-13-19(33)29(44)45)34-28(43)16(2)51-26-24(35-17(3)39)32(52-22(11-38)25(26)41)50-12-18-7-5-4-6-8-18/h4-8,15-16,19-22,24-26,32,38,41H,9-14,33H2,1-3H3,(H,34,43)(H,35,39)(H,36,40)(H,37,42)(H,44,45)(H,46,47)(H,48,49)/t15-,16+,19-,20+,21+,22+,24+,25+,26+,32-/m0/s1. The summed E-state index contributed by atoms with van der Waals surface area (Å²) in [5.74, 6) is -7.77. The number of amides is 4. The first-order chi connectivity index (χ1) is 24.9. The summed E-state index contributed by atoms with van der Waals surface area (Å²) < 4.78 is 17.4. The normalized spacial score (nSPS) is 22.6. The van der Waals surface area contributed by atoms with Gasteiger partial charge in [0.25, 0.3) is 0 Å². The molecule has 0 bridgehead atoms. The summed E-state index contributed by atoms with van der Waals surface area (Å²) in [6, 6.07) is 2.16. The predicted molar refractivity (Wildman–Crippen MR) is 184 cm³/mol. The van der Waals surface area contributed by atoms with Crippen LogP contribution in [0.3, 0.4) is 0 Å². The average Bonchev–Trinajstić information content (AvgIpc) is 3.10. The highest BCUT2D eigenvalue weighted by Gasteiger charge is 2.48. The van der Waals surface area contributed by atoms with Crippen molar-refractivity contribution in [1.82, 2.24) is 21.3 Å². The van der Waals surface area contributed by atoms with Crippen LogP contribution in [0, 0.1) is 0 Å². The number of carboxylic acids is 3. The van der Waals surface area contributed by atoms with Gasteiger partial charge in [-0.2, -0.15) is 11.8 Å². The van der Waals surface area contributed by atoms with Crippen molar-refractivity contribution in [2.45, 2.75) is 101 Å². The average molecular weight is 774 g/mol. The largest absolute Gasteiger partial charge is 0.480 e. The second-order valence-corrected chi connectivity index (χ2v) is 13.2. The van der Waals surface area contributed by atoms with Crippen molar-refractivity contribution in [2.24, 2.45) is 5.73 Å². The number of rotatable bonds is 22. The Morgan fingerprint density at radius 2 is 1.55 bits per heavy atom. The second kappa shape index (κ2) is 22.0. The third-order valence-electron chi connectivity index (χ3n) is 7.77. The van der Waals surface area contributed by atoms with E-state index in [1.165, 1.54) is 20.8 Å². The van der Waals surface area contributed by atoms with E-state index in [0.717, 1.165) is 17.3 Å². The molecule has 2 rings (SSSR count). The fourth-order valence-electron chi connectivity index (χ4n) is 4.86. The molecule has 296 valence electrons. The second-order valence-electron chi connectivity index (χ2n) is 12.1. The fraction of sp³-hybridized carbons (Fsp3) is 0.594. The van der Waals surface area contributed by atoms with Crippen LogP contribution in [0.25, 0.3) is 0 Å². The van der Waals surface area contributed by atoms with E-state index < -0.39 is 122 Å². The van der Waals surface area contributed by atoms with Crippen molar-refractivity contribution in [3.05, 3.63) is 35.9 Å². The Labute approximate surface area is 308 Å². The van der Waals surface area contributed by atoms with Crippen molar-refractivity contribution >= 4 is 53.3 Å². The molecule has 0 radical (unpaired) electrons. The van der Waals surface area contributed by atoms with E-state index in [2.05, 4.69) is 21.3 Å². The number of aliphatic hydroxyl groups is 2. The minimum atomic E-state index is -1.62. The van der Waals surface area contributed by atoms with Gasteiger partial charge in [-0.05, 0) is 25.8 Å². The summed E-state index contributed by atoms with van der Waals surface area (Å²) in [5, 5.41) is 58.0. The summed E-state index contributed by atoms with van der Waals surface area (Å²) in [6.07, 6.45) is -7.69. The zero-order valence-electron chi connectivity index (χ0n) is 29.2. The Morgan fingerprint density at radius 3 is 2.11 bits per heavy atom. The molecule has 11 N–H and O–H groups in total. The van der Waals surface area contributed by atoms with Crippen molar-refractivity contribution in [1.29, 1.82) is 0 Å². The van der Waals surface area contributed by atoms with E-state index in [4.69, 9.17) is 25.1 Å². The molecule has 1 aliphatic heterocycles. The molecule has 0 aliphatic carbocycles. The van der Waals surface area contributed by atoms with Crippen LogP contribution in [0.4, 0.5) is 0 Å². The van der Waals surface area contributed by atoms with Crippen LogP contribution in [-0.4, -0.2) is 146 Å². The van der Waals surface area contributed by atoms with Gasteiger partial charge in [0.2, 0.25) is 23.6 Å². The van der Waals surface area contributed by atoms with Gasteiger partial charge in [0.05, 0.1) is 13.2 Å². The van der Waals surface area contributed by atoms with E-state index >= 15 is 0 Å². The van der Waals surface area contributed by atoms with Gasteiger partial charge in [-0.3, -0.25) is 24.0 Å². The van der Waals surface area contributed by atoms with Gasteiger partial charge in [-0.25, -0.2) is 9.59 Å². The third kappa shape index (κ3) is 14.9. The maximum atomic E-state index is 13.1. The number of hydrogen-bond donors (Lipinski definition) is 10. The maximum Gasteiger partial charge on any atom is 0.327 e. The number of hydrogen-bond acceptors (Lipinski definition) is 14. The van der Waals surface area contributed by atoms with Gasteiger partial charge in [-0.15, -0.1) is 0 Å². The van der Waals surface area contributed by atoms with Crippen LogP contribution in [-0.2, 0) is 54.4 Å². The summed E-state index contributed by atoms with van der Waals surface area (Å²) in [5.41, 5.74) is 6.14. The number of nitrogens with one attached hydrogen (secondary N) is 4. The van der Waals surface area contributed by atoms with E-state index in [-0.39, 0.29) is 18.1 Å². The smallest absolute Gasteiger partial charge is 0.327 e. The number of benzene rings is 1. The van der Waals surface area contributed by atoms with Crippen LogP contribution in [0.2, 0.25) is 0 Å². The van der Waals surface area contributed by atoms with Crippen LogP contribution >= 0.6 is 11.8 Å². The van der Waals surface area contributed by atoms with Crippen LogP contribution in [0.1, 0.15) is 39.2 Å². The van der Waals surface area contributed by atoms with Gasteiger partial charge in [0.1, 0.15) is 54.6 Å². The number of ether oxygens (including phenoxy) is 3. The summed E-state index contributed by atoms with van der Waals surface area (Å²) >= 11 is 0.884. The van der Waals surface area contributed by atoms with E-state index in [0.29, 0.717) is 0 Å². The lowest BCUT2D eigenvalue weighted by atomic mass is 9.96. The molecule has 1 saturated heterocycles. The molecule has 1 fully saturated rings. The summed E-state index contributed by atoms with van der Waals surface area (Å²) in [7, 11) is 0. The highest BCUT2D eigenvalue weighted by molar-refractivity contribution is 7.99. The molecule has 20 nitrogen and oxygen atoms in total. The quantitative estimate of drug-likeness (QED) is 0.0566. The fourth-order valence-corrected chi connectivity index (χ4v) is 5.86. The first-order valence-electron chi connectivity index (χ1n) is 16.4. The first kappa shape index (κ1) is 44.8. The van der Waals surface area contributed by atoms with Crippen molar-refractivity contribution in [3.8, 4) is 0 Å². The third-order valence-corrected chi connectivity index (χ3v) is 8.93. The summed E-state index contributed by atoms with van der Waals surface area (Å²) in [6.45, 7) is 3.12. The molecule has 1 aromatic carbocycles. The molecular weight excluding hydrogens is 726 g/mol. The van der Waals surface area contributed by atoms with E-state index in [9.17, 15) is 54.0 Å². The lowest BCUT2D eigenvalue weighted by molar-refractivity contribution is -0.283. The molecule has 4 amide bonds. The Hall–Kier alpha value is -4.38. The monoisotopic (exact) mass is 773 g/mol. The zero-order valence-corrected chi connectivity index (χ0v) is 30.0. The van der Waals surface area contributed by atoms with E-state index in [1.807, 2.05) is 0 Å². The summed E-state index contributed by atoms with van der Waals surface area (Å²) in [4.78, 5) is 84.7. The predicted octanol–water partition coefficient (Wildman–Crippen LogP) is -2.87. The Kier molecular flexibility index (Phi) is 18.6. The minimum absolute atomic E-state index is 0.0288. The SMILES string of the molecule is CC(=O)N[C@H]1[C@@H](OCc2ccccc2)O[C@H](CO)[C@@H](O)[C@@H]1O[C@H](C)C(=O)N[C@@H](C)C(=O)N[C@H](CCC(=O)N[C@H](CSC[C@H](N)C(=O)O)C(=O)O)C(=O)O. The number of aliphatic hydroxyl groups excluding tert-OH is 2. The first-order valence-corrected chi connectivity index (χ1v) is 17.5. The molecule has 1 heterocycles. The lowest BCUT2D eigenvalue weighted by Gasteiger charge is -2.44. The molecule has 1 aromatic rings. The molecule has 21 heteroatoms. The van der Waals surface area contributed by atoms with E-state index in [1.54, 1.807) is 30.3 Å². The van der Waals surface area contributed by atoms with Crippen molar-refractivity contribution < 1.29 is 73.3 Å². The molecule has 0 unspecified atom stereocenters. The number of aliphatic carboxylic acids is 3. The highest BCUT2D eigenvalue weighted by Crippen LogP contribution is 2.26. The Balaban J connectivity index is 2.00. The molecule has 0 spiro atoms. The van der Waals surface area contributed by atoms with Gasteiger partial charge >= 0.3 is 17.9 Å². The molecule has 1 aliphatic rings. The van der Waals surface area contributed by atoms with Gasteiger partial charge in [-0.1, -0.05) is 30.3 Å². The van der Waals surface area contributed by atoms with Crippen molar-refractivity contribution in [3.63, 3.8) is 0 Å². The Bertz CT molecular complexity index is 1420. The number of thioether (sulfide) groups is 1. The molecule has 0 saturated carbocycles. The molecule has 10 atom stereocenters. The number of carbonyl (C=O) groups is 7. The lowest BCUT2D eigenvalue weighted by Crippen LogP contribution is -2.66. The molecular formula is C32H47N5O15S. The topological polar surface area (TPSA) is 322 Å². The number of carbonyl (C=O) groups excluding carboxylic acids is 4. The molecule has 0 aromatic heterocycles. The van der Waals surface area contributed by atoms with Gasteiger partial charge in [0, 0.05) is 24.9 Å². The van der Waals surface area contributed by atoms with Gasteiger partial charge in [0.15, 0.2) is 6.29 Å². The van der Waals surface area contributed by atoms with Gasteiger partial charge < -0.3 is 66.7 Å². The van der Waals surface area contributed by atoms with Crippen LogP contribution in [0.5, 0.6) is 0 Å².